The van der Waals surface area contributed by atoms with Gasteiger partial charge in [-0.15, -0.1) is 17.8 Å². The summed E-state index contributed by atoms with van der Waals surface area (Å²) in [4.78, 5) is 11.3. The Kier molecular flexibility index (Phi) is 2.99. The molecule has 17 heavy (non-hydrogen) atoms. The summed E-state index contributed by atoms with van der Waals surface area (Å²) in [6.45, 7) is 0. The van der Waals surface area contributed by atoms with E-state index in [2.05, 4.69) is 15.9 Å². The molecule has 0 spiro atoms. The Bertz CT molecular complexity index is 627. The third-order valence-corrected chi connectivity index (χ3v) is 5.00. The van der Waals surface area contributed by atoms with Crippen molar-refractivity contribution in [3.8, 4) is 12.3 Å². The van der Waals surface area contributed by atoms with Gasteiger partial charge in [-0.2, -0.15) is 0 Å². The Morgan fingerprint density at radius 3 is 3.12 bits per heavy atom. The zero-order valence-corrected chi connectivity index (χ0v) is 11.4. The molecule has 2 aromatic heterocycles. The van der Waals surface area contributed by atoms with E-state index in [4.69, 9.17) is 18.0 Å². The summed E-state index contributed by atoms with van der Waals surface area (Å²) in [6, 6.07) is 0. The number of nitrogens with zero attached hydrogens (tertiary/aromatic N) is 2. The number of fused-ring (bicyclic) bond motifs is 3. The number of aryl methyl sites for hydroxylation is 2. The fourth-order valence-electron chi connectivity index (χ4n) is 2.10. The highest BCUT2D eigenvalue weighted by Gasteiger charge is 2.21. The van der Waals surface area contributed by atoms with E-state index in [1.165, 1.54) is 28.6 Å². The van der Waals surface area contributed by atoms with Crippen LogP contribution in [0.2, 0.25) is 5.15 Å². The number of thiophene rings is 1. The first-order valence-electron chi connectivity index (χ1n) is 5.33. The highest BCUT2D eigenvalue weighted by Crippen LogP contribution is 2.39. The molecule has 0 aromatic carbocycles. The Hall–Kier alpha value is -0.760. The molecule has 2 heterocycles. The minimum atomic E-state index is 0.576. The SMILES string of the molecule is C#CCSc1nc(Cl)c2c3c(sc2n1)CCC3. The van der Waals surface area contributed by atoms with Crippen LogP contribution in [0.3, 0.4) is 0 Å². The van der Waals surface area contributed by atoms with Gasteiger partial charge < -0.3 is 0 Å². The number of rotatable bonds is 2. The number of thioether (sulfide) groups is 1. The van der Waals surface area contributed by atoms with E-state index in [9.17, 15) is 0 Å². The van der Waals surface area contributed by atoms with Crippen LogP contribution in [0.1, 0.15) is 16.9 Å². The highest BCUT2D eigenvalue weighted by molar-refractivity contribution is 7.99. The highest BCUT2D eigenvalue weighted by atomic mass is 35.5. The van der Waals surface area contributed by atoms with Gasteiger partial charge >= 0.3 is 0 Å². The molecule has 0 atom stereocenters. The van der Waals surface area contributed by atoms with Crippen LogP contribution in [0, 0.1) is 12.3 Å². The van der Waals surface area contributed by atoms with Gasteiger partial charge in [-0.05, 0) is 24.8 Å². The predicted octanol–water partition coefficient (Wildman–Crippen LogP) is 3.56. The summed E-state index contributed by atoms with van der Waals surface area (Å²) >= 11 is 9.46. The zero-order valence-electron chi connectivity index (χ0n) is 8.99. The largest absolute Gasteiger partial charge is 0.211 e. The first-order chi connectivity index (χ1) is 8.29. The number of aromatic nitrogens is 2. The third kappa shape index (κ3) is 1.93. The average molecular weight is 281 g/mol. The van der Waals surface area contributed by atoms with E-state index >= 15 is 0 Å². The molecule has 5 heteroatoms. The van der Waals surface area contributed by atoms with Gasteiger partial charge in [0.2, 0.25) is 0 Å². The molecule has 2 aromatic rings. The lowest BCUT2D eigenvalue weighted by Crippen LogP contribution is -1.89. The fourth-order valence-corrected chi connectivity index (χ4v) is 4.34. The second-order valence-electron chi connectivity index (χ2n) is 3.83. The van der Waals surface area contributed by atoms with Crippen molar-refractivity contribution in [1.82, 2.24) is 9.97 Å². The molecule has 1 aliphatic carbocycles. The zero-order chi connectivity index (χ0) is 11.8. The Balaban J connectivity index is 2.12. The quantitative estimate of drug-likeness (QED) is 0.364. The molecule has 2 nitrogen and oxygen atoms in total. The van der Waals surface area contributed by atoms with Gasteiger partial charge in [0, 0.05) is 4.88 Å². The molecule has 0 N–H and O–H groups in total. The van der Waals surface area contributed by atoms with Crippen LogP contribution in [0.15, 0.2) is 5.16 Å². The van der Waals surface area contributed by atoms with Gasteiger partial charge in [-0.25, -0.2) is 9.97 Å². The van der Waals surface area contributed by atoms with Gasteiger partial charge in [0.15, 0.2) is 5.16 Å². The van der Waals surface area contributed by atoms with E-state index < -0.39 is 0 Å². The molecule has 3 rings (SSSR count). The molecule has 0 aliphatic heterocycles. The molecule has 0 radical (unpaired) electrons. The average Bonchev–Trinajstić information content (AvgIpc) is 2.85. The second kappa shape index (κ2) is 4.49. The minimum Gasteiger partial charge on any atom is -0.211 e. The lowest BCUT2D eigenvalue weighted by atomic mass is 10.2. The second-order valence-corrected chi connectivity index (χ2v) is 6.21. The van der Waals surface area contributed by atoms with Crippen molar-refractivity contribution in [1.29, 1.82) is 0 Å². The topological polar surface area (TPSA) is 25.8 Å². The van der Waals surface area contributed by atoms with Crippen molar-refractivity contribution in [2.45, 2.75) is 24.4 Å². The van der Waals surface area contributed by atoms with Crippen LogP contribution in [0.4, 0.5) is 0 Å². The van der Waals surface area contributed by atoms with Crippen molar-refractivity contribution >= 4 is 44.9 Å². The number of hydrogen-bond donors (Lipinski definition) is 0. The number of halogens is 1. The maximum absolute atomic E-state index is 6.26. The molecular formula is C12H9ClN2S2. The molecule has 0 saturated heterocycles. The molecule has 1 aliphatic rings. The van der Waals surface area contributed by atoms with Gasteiger partial charge in [-0.3, -0.25) is 0 Å². The van der Waals surface area contributed by atoms with E-state index in [-0.39, 0.29) is 0 Å². The number of terminal acetylenes is 1. The Labute approximate surface area is 113 Å². The summed E-state index contributed by atoms with van der Waals surface area (Å²) in [7, 11) is 0. The van der Waals surface area contributed by atoms with Crippen LogP contribution in [0.5, 0.6) is 0 Å². The molecule has 86 valence electrons. The summed E-state index contributed by atoms with van der Waals surface area (Å²) < 4.78 is 0. The maximum atomic E-state index is 6.26. The monoisotopic (exact) mass is 280 g/mol. The van der Waals surface area contributed by atoms with Crippen LogP contribution in [-0.4, -0.2) is 15.7 Å². The fraction of sp³-hybridized carbons (Fsp3) is 0.333. The predicted molar refractivity (Wildman–Crippen MR) is 74.0 cm³/mol. The first-order valence-corrected chi connectivity index (χ1v) is 7.51. The van der Waals surface area contributed by atoms with Crippen molar-refractivity contribution in [2.24, 2.45) is 0 Å². The van der Waals surface area contributed by atoms with Crippen LogP contribution < -0.4 is 0 Å². The van der Waals surface area contributed by atoms with Gasteiger partial charge in [0.1, 0.15) is 9.98 Å². The first kappa shape index (κ1) is 11.3. The molecule has 0 fully saturated rings. The van der Waals surface area contributed by atoms with Crippen molar-refractivity contribution in [3.63, 3.8) is 0 Å². The van der Waals surface area contributed by atoms with Crippen LogP contribution in [0.25, 0.3) is 10.2 Å². The molecule has 0 amide bonds. The van der Waals surface area contributed by atoms with E-state index in [1.807, 2.05) is 0 Å². The smallest absolute Gasteiger partial charge is 0.191 e. The standard InChI is InChI=1S/C12H9ClN2S2/c1-2-6-16-12-14-10(13)9-7-4-3-5-8(7)17-11(9)15-12/h1H,3-6H2. The van der Waals surface area contributed by atoms with Crippen LogP contribution in [-0.2, 0) is 12.8 Å². The van der Waals surface area contributed by atoms with Gasteiger partial charge in [-0.1, -0.05) is 29.3 Å². The van der Waals surface area contributed by atoms with E-state index in [0.29, 0.717) is 16.1 Å². The lowest BCUT2D eigenvalue weighted by molar-refractivity contribution is 0.915. The van der Waals surface area contributed by atoms with E-state index in [0.717, 1.165) is 23.1 Å². The Morgan fingerprint density at radius 2 is 2.29 bits per heavy atom. The third-order valence-electron chi connectivity index (χ3n) is 2.78. The molecule has 0 bridgehead atoms. The van der Waals surface area contributed by atoms with Gasteiger partial charge in [0.25, 0.3) is 0 Å². The minimum absolute atomic E-state index is 0.576. The molecular weight excluding hydrogens is 272 g/mol. The summed E-state index contributed by atoms with van der Waals surface area (Å²) in [6.07, 6.45) is 8.71. The summed E-state index contributed by atoms with van der Waals surface area (Å²) in [5.74, 6) is 3.14. The van der Waals surface area contributed by atoms with Crippen LogP contribution >= 0.6 is 34.7 Å². The summed E-state index contributed by atoms with van der Waals surface area (Å²) in [5, 5.41) is 2.32. The van der Waals surface area contributed by atoms with Crippen molar-refractivity contribution in [2.75, 3.05) is 5.75 Å². The van der Waals surface area contributed by atoms with Gasteiger partial charge in [0.05, 0.1) is 11.1 Å². The van der Waals surface area contributed by atoms with E-state index in [1.54, 1.807) is 11.3 Å². The molecule has 0 unspecified atom stereocenters. The van der Waals surface area contributed by atoms with Crippen molar-refractivity contribution in [3.05, 3.63) is 15.6 Å². The normalized spacial score (nSPS) is 13.9. The number of hydrogen-bond acceptors (Lipinski definition) is 4. The molecule has 0 saturated carbocycles. The lowest BCUT2D eigenvalue weighted by Gasteiger charge is -2.00. The maximum Gasteiger partial charge on any atom is 0.191 e. The van der Waals surface area contributed by atoms with Crippen molar-refractivity contribution < 1.29 is 0 Å². The summed E-state index contributed by atoms with van der Waals surface area (Å²) in [5.41, 5.74) is 1.36. The Morgan fingerprint density at radius 1 is 1.41 bits per heavy atom.